The van der Waals surface area contributed by atoms with Crippen molar-refractivity contribution in [3.8, 4) is 0 Å². The third-order valence-electron chi connectivity index (χ3n) is 3.78. The molecule has 0 aliphatic rings. The van der Waals surface area contributed by atoms with E-state index in [4.69, 9.17) is 0 Å². The first kappa shape index (κ1) is 16.7. The van der Waals surface area contributed by atoms with Crippen LogP contribution in [0.25, 0.3) is 0 Å². The van der Waals surface area contributed by atoms with Gasteiger partial charge in [0.2, 0.25) is 0 Å². The van der Waals surface area contributed by atoms with Gasteiger partial charge in [0, 0.05) is 22.9 Å². The summed E-state index contributed by atoms with van der Waals surface area (Å²) in [5.41, 5.74) is 2.82. The van der Waals surface area contributed by atoms with E-state index < -0.39 is 0 Å². The van der Waals surface area contributed by atoms with Crippen LogP contribution in [0.1, 0.15) is 46.5 Å². The van der Waals surface area contributed by atoms with Gasteiger partial charge in [-0.2, -0.15) is 0 Å². The average molecular weight is 310 g/mol. The SMILES string of the molecule is CC[C@H](C)NC(=O)c1ccc(NC(=O)c2ccccc2C)cc1. The lowest BCUT2D eigenvalue weighted by molar-refractivity contribution is 0.0938. The predicted molar refractivity (Wildman–Crippen MR) is 92.8 cm³/mol. The monoisotopic (exact) mass is 310 g/mol. The number of benzene rings is 2. The minimum Gasteiger partial charge on any atom is -0.350 e. The lowest BCUT2D eigenvalue weighted by Gasteiger charge is -2.12. The number of hydrogen-bond donors (Lipinski definition) is 2. The number of amides is 2. The molecule has 0 fully saturated rings. The number of nitrogens with one attached hydrogen (secondary N) is 2. The number of carbonyl (C=O) groups is 2. The molecule has 0 unspecified atom stereocenters. The Morgan fingerprint density at radius 1 is 1.00 bits per heavy atom. The van der Waals surface area contributed by atoms with Gasteiger partial charge < -0.3 is 10.6 Å². The first-order valence-corrected chi connectivity index (χ1v) is 7.79. The van der Waals surface area contributed by atoms with Crippen LogP contribution in [-0.4, -0.2) is 17.9 Å². The van der Waals surface area contributed by atoms with Gasteiger partial charge in [0.15, 0.2) is 0 Å². The van der Waals surface area contributed by atoms with Crippen molar-refractivity contribution in [2.45, 2.75) is 33.2 Å². The van der Waals surface area contributed by atoms with E-state index in [1.54, 1.807) is 30.3 Å². The van der Waals surface area contributed by atoms with Crippen molar-refractivity contribution in [2.24, 2.45) is 0 Å². The maximum Gasteiger partial charge on any atom is 0.255 e. The molecular weight excluding hydrogens is 288 g/mol. The smallest absolute Gasteiger partial charge is 0.255 e. The average Bonchev–Trinajstić information content (AvgIpc) is 2.55. The van der Waals surface area contributed by atoms with Crippen molar-refractivity contribution in [3.05, 3.63) is 65.2 Å². The second-order valence-corrected chi connectivity index (χ2v) is 5.63. The van der Waals surface area contributed by atoms with Crippen molar-refractivity contribution >= 4 is 17.5 Å². The maximum absolute atomic E-state index is 12.2. The summed E-state index contributed by atoms with van der Waals surface area (Å²) in [7, 11) is 0. The molecule has 0 saturated heterocycles. The van der Waals surface area contributed by atoms with Gasteiger partial charge in [-0.15, -0.1) is 0 Å². The van der Waals surface area contributed by atoms with Crippen LogP contribution in [0.5, 0.6) is 0 Å². The van der Waals surface area contributed by atoms with Crippen molar-refractivity contribution < 1.29 is 9.59 Å². The minimum absolute atomic E-state index is 0.101. The summed E-state index contributed by atoms with van der Waals surface area (Å²) in [6.45, 7) is 5.89. The second-order valence-electron chi connectivity index (χ2n) is 5.63. The number of aryl methyl sites for hydroxylation is 1. The Morgan fingerprint density at radius 2 is 1.65 bits per heavy atom. The van der Waals surface area contributed by atoms with E-state index in [9.17, 15) is 9.59 Å². The van der Waals surface area contributed by atoms with Crippen LogP contribution in [0.4, 0.5) is 5.69 Å². The molecule has 0 aliphatic carbocycles. The minimum atomic E-state index is -0.153. The molecule has 4 nitrogen and oxygen atoms in total. The molecule has 2 aromatic rings. The predicted octanol–water partition coefficient (Wildman–Crippen LogP) is 3.78. The summed E-state index contributed by atoms with van der Waals surface area (Å²) in [4.78, 5) is 24.3. The van der Waals surface area contributed by atoms with Crippen LogP contribution in [0, 0.1) is 6.92 Å². The third kappa shape index (κ3) is 4.42. The molecule has 0 aliphatic heterocycles. The Balaban J connectivity index is 2.04. The largest absolute Gasteiger partial charge is 0.350 e. The van der Waals surface area contributed by atoms with E-state index >= 15 is 0 Å². The topological polar surface area (TPSA) is 58.2 Å². The fraction of sp³-hybridized carbons (Fsp3) is 0.263. The molecule has 0 radical (unpaired) electrons. The molecule has 23 heavy (non-hydrogen) atoms. The van der Waals surface area contributed by atoms with E-state index in [0.717, 1.165) is 12.0 Å². The van der Waals surface area contributed by atoms with Crippen LogP contribution in [0.15, 0.2) is 48.5 Å². The van der Waals surface area contributed by atoms with Crippen molar-refractivity contribution in [2.75, 3.05) is 5.32 Å². The van der Waals surface area contributed by atoms with Crippen molar-refractivity contribution in [1.82, 2.24) is 5.32 Å². The van der Waals surface area contributed by atoms with E-state index in [1.165, 1.54) is 0 Å². The van der Waals surface area contributed by atoms with E-state index in [0.29, 0.717) is 16.8 Å². The number of hydrogen-bond acceptors (Lipinski definition) is 2. The zero-order valence-corrected chi connectivity index (χ0v) is 13.7. The molecule has 0 aromatic heterocycles. The Hall–Kier alpha value is -2.62. The van der Waals surface area contributed by atoms with Gasteiger partial charge in [-0.1, -0.05) is 25.1 Å². The van der Waals surface area contributed by atoms with Gasteiger partial charge >= 0.3 is 0 Å². The molecular formula is C19H22N2O2. The highest BCUT2D eigenvalue weighted by molar-refractivity contribution is 6.05. The van der Waals surface area contributed by atoms with Gasteiger partial charge in [-0.3, -0.25) is 9.59 Å². The lowest BCUT2D eigenvalue weighted by atomic mass is 10.1. The second kappa shape index (κ2) is 7.58. The quantitative estimate of drug-likeness (QED) is 0.883. The van der Waals surface area contributed by atoms with Crippen LogP contribution in [0.2, 0.25) is 0 Å². The molecule has 0 spiro atoms. The first-order chi connectivity index (χ1) is 11.0. The third-order valence-corrected chi connectivity index (χ3v) is 3.78. The molecule has 4 heteroatoms. The fourth-order valence-corrected chi connectivity index (χ4v) is 2.14. The molecule has 1 atom stereocenters. The summed E-state index contributed by atoms with van der Waals surface area (Å²) in [5, 5.41) is 5.76. The molecule has 0 bridgehead atoms. The maximum atomic E-state index is 12.2. The lowest BCUT2D eigenvalue weighted by Crippen LogP contribution is -2.31. The number of rotatable bonds is 5. The molecule has 0 saturated carbocycles. The summed E-state index contributed by atoms with van der Waals surface area (Å²) in [6.07, 6.45) is 0.885. The van der Waals surface area contributed by atoms with E-state index in [2.05, 4.69) is 10.6 Å². The molecule has 2 rings (SSSR count). The number of anilines is 1. The summed E-state index contributed by atoms with van der Waals surface area (Å²) >= 11 is 0. The van der Waals surface area contributed by atoms with Gasteiger partial charge in [0.05, 0.1) is 0 Å². The summed E-state index contributed by atoms with van der Waals surface area (Å²) in [6, 6.07) is 14.5. The summed E-state index contributed by atoms with van der Waals surface area (Å²) < 4.78 is 0. The molecule has 2 aromatic carbocycles. The summed E-state index contributed by atoms with van der Waals surface area (Å²) in [5.74, 6) is -0.254. The standard InChI is InChI=1S/C19H22N2O2/c1-4-14(3)20-18(22)15-9-11-16(12-10-15)21-19(23)17-8-6-5-7-13(17)2/h5-12,14H,4H2,1-3H3,(H,20,22)(H,21,23)/t14-/m0/s1. The van der Waals surface area contributed by atoms with Gasteiger partial charge in [-0.25, -0.2) is 0 Å². The Labute approximate surface area is 136 Å². The highest BCUT2D eigenvalue weighted by Crippen LogP contribution is 2.13. The van der Waals surface area contributed by atoms with Crippen molar-refractivity contribution in [1.29, 1.82) is 0 Å². The zero-order valence-electron chi connectivity index (χ0n) is 13.7. The van der Waals surface area contributed by atoms with Crippen LogP contribution >= 0.6 is 0 Å². The van der Waals surface area contributed by atoms with Gasteiger partial charge in [0.25, 0.3) is 11.8 Å². The van der Waals surface area contributed by atoms with E-state index in [1.807, 2.05) is 39.0 Å². The molecule has 2 amide bonds. The van der Waals surface area contributed by atoms with Crippen molar-refractivity contribution in [3.63, 3.8) is 0 Å². The Morgan fingerprint density at radius 3 is 2.26 bits per heavy atom. The highest BCUT2D eigenvalue weighted by atomic mass is 16.2. The normalized spacial score (nSPS) is 11.6. The fourth-order valence-electron chi connectivity index (χ4n) is 2.14. The van der Waals surface area contributed by atoms with Crippen LogP contribution in [0.3, 0.4) is 0 Å². The highest BCUT2D eigenvalue weighted by Gasteiger charge is 2.10. The molecule has 0 heterocycles. The first-order valence-electron chi connectivity index (χ1n) is 7.79. The Bertz CT molecular complexity index is 693. The molecule has 120 valence electrons. The van der Waals surface area contributed by atoms with E-state index in [-0.39, 0.29) is 17.9 Å². The van der Waals surface area contributed by atoms with Crippen LogP contribution in [-0.2, 0) is 0 Å². The van der Waals surface area contributed by atoms with Gasteiger partial charge in [0.1, 0.15) is 0 Å². The zero-order chi connectivity index (χ0) is 16.8. The van der Waals surface area contributed by atoms with Gasteiger partial charge in [-0.05, 0) is 56.2 Å². The molecule has 2 N–H and O–H groups in total. The van der Waals surface area contributed by atoms with Crippen LogP contribution < -0.4 is 10.6 Å². The Kier molecular flexibility index (Phi) is 5.52. The number of carbonyl (C=O) groups excluding carboxylic acids is 2.